The van der Waals surface area contributed by atoms with E-state index in [1.54, 1.807) is 0 Å². The summed E-state index contributed by atoms with van der Waals surface area (Å²) in [4.78, 5) is 0. The predicted molar refractivity (Wildman–Crippen MR) is 31.6 cm³/mol. The van der Waals surface area contributed by atoms with Crippen LogP contribution in [0.3, 0.4) is 0 Å². The predicted octanol–water partition coefficient (Wildman–Crippen LogP) is 1.24. The first-order chi connectivity index (χ1) is 3.18. The van der Waals surface area contributed by atoms with Gasteiger partial charge in [0.1, 0.15) is 0 Å². The van der Waals surface area contributed by atoms with Gasteiger partial charge in [-0.3, -0.25) is 0 Å². The summed E-state index contributed by atoms with van der Waals surface area (Å²) in [6.07, 6.45) is 0. The number of aliphatic hydroxyl groups excluding tert-OH is 1. The highest BCUT2D eigenvalue weighted by atomic mass is 35.5. The Morgan fingerprint density at radius 2 is 2.00 bits per heavy atom. The molecule has 0 heterocycles. The Hall–Kier alpha value is 0.250. The van der Waals surface area contributed by atoms with Crippen molar-refractivity contribution < 1.29 is 5.11 Å². The van der Waals surface area contributed by atoms with Crippen molar-refractivity contribution in [3.8, 4) is 0 Å². The van der Waals surface area contributed by atoms with Gasteiger partial charge in [0.05, 0.1) is 0 Å². The summed E-state index contributed by atoms with van der Waals surface area (Å²) >= 11 is 5.57. The van der Waals surface area contributed by atoms with Gasteiger partial charge in [0, 0.05) is 12.0 Å². The van der Waals surface area contributed by atoms with Crippen LogP contribution in [0.2, 0.25) is 0 Å². The molecule has 0 amide bonds. The molecule has 0 rings (SSSR count). The minimum atomic E-state index is 0.0880. The Bertz CT molecular complexity index is 45.3. The van der Waals surface area contributed by atoms with Gasteiger partial charge in [0.25, 0.3) is 0 Å². The molecule has 0 aliphatic carbocycles. The van der Waals surface area contributed by atoms with Crippen LogP contribution in [0, 0.1) is 5.92 Å². The maximum atomic E-state index is 8.42. The molecule has 0 aliphatic heterocycles. The number of hydrogen-bond acceptors (Lipinski definition) is 1. The normalized spacial score (nSPS) is 18.9. The van der Waals surface area contributed by atoms with Crippen molar-refractivity contribution in [2.24, 2.45) is 5.92 Å². The number of aliphatic hydroxyl groups is 1. The van der Waals surface area contributed by atoms with Crippen LogP contribution in [0.1, 0.15) is 13.8 Å². The van der Waals surface area contributed by atoms with Gasteiger partial charge in [-0.15, -0.1) is 11.6 Å². The number of alkyl halides is 1. The van der Waals surface area contributed by atoms with E-state index in [4.69, 9.17) is 16.7 Å². The molecule has 0 fully saturated rings. The van der Waals surface area contributed by atoms with Crippen LogP contribution >= 0.6 is 11.6 Å². The van der Waals surface area contributed by atoms with Gasteiger partial charge in [0.15, 0.2) is 0 Å². The van der Waals surface area contributed by atoms with Crippen molar-refractivity contribution >= 4 is 11.6 Å². The fourth-order valence-corrected chi connectivity index (χ4v) is 0.225. The third kappa shape index (κ3) is 2.89. The van der Waals surface area contributed by atoms with Gasteiger partial charge >= 0.3 is 0 Å². The average Bonchev–Trinajstić information content (AvgIpc) is 1.65. The van der Waals surface area contributed by atoms with Crippen molar-refractivity contribution in [1.82, 2.24) is 0 Å². The van der Waals surface area contributed by atoms with E-state index in [2.05, 4.69) is 0 Å². The van der Waals surface area contributed by atoms with Crippen LogP contribution in [-0.2, 0) is 0 Å². The quantitative estimate of drug-likeness (QED) is 0.547. The zero-order valence-electron chi connectivity index (χ0n) is 4.69. The van der Waals surface area contributed by atoms with Crippen LogP contribution in [0.4, 0.5) is 0 Å². The zero-order valence-corrected chi connectivity index (χ0v) is 5.44. The Labute approximate surface area is 49.3 Å². The van der Waals surface area contributed by atoms with E-state index >= 15 is 0 Å². The molecule has 0 aromatic carbocycles. The van der Waals surface area contributed by atoms with Crippen LogP contribution in [0.15, 0.2) is 0 Å². The Morgan fingerprint density at radius 3 is 2.00 bits per heavy atom. The first-order valence-corrected chi connectivity index (χ1v) is 2.87. The smallest absolute Gasteiger partial charge is 0.0470 e. The van der Waals surface area contributed by atoms with E-state index in [-0.39, 0.29) is 17.9 Å². The molecule has 1 nitrogen and oxygen atoms in total. The van der Waals surface area contributed by atoms with Gasteiger partial charge in [-0.05, 0) is 12.8 Å². The van der Waals surface area contributed by atoms with Crippen LogP contribution in [0.5, 0.6) is 0 Å². The average molecular weight is 123 g/mol. The largest absolute Gasteiger partial charge is 0.396 e. The summed E-state index contributed by atoms with van der Waals surface area (Å²) < 4.78 is 0. The lowest BCUT2D eigenvalue weighted by Gasteiger charge is -2.07. The van der Waals surface area contributed by atoms with Crippen molar-refractivity contribution in [2.75, 3.05) is 6.61 Å². The molecule has 0 aromatic heterocycles. The molecule has 1 N–H and O–H groups in total. The second kappa shape index (κ2) is 3.28. The summed E-state index contributed by atoms with van der Waals surface area (Å²) in [5.74, 6) is 0.224. The van der Waals surface area contributed by atoms with Crippen LogP contribution < -0.4 is 0 Å². The molecule has 0 saturated heterocycles. The van der Waals surface area contributed by atoms with Gasteiger partial charge in [-0.2, -0.15) is 0 Å². The summed E-state index contributed by atoms with van der Waals surface area (Å²) in [5.41, 5.74) is 0. The molecule has 0 spiro atoms. The van der Waals surface area contributed by atoms with Gasteiger partial charge < -0.3 is 5.11 Å². The summed E-state index contributed by atoms with van der Waals surface area (Å²) in [6.45, 7) is 3.98. The molecule has 0 unspecified atom stereocenters. The fraction of sp³-hybridized carbons (Fsp3) is 1.00. The number of halogens is 1. The minimum absolute atomic E-state index is 0.0880. The van der Waals surface area contributed by atoms with Crippen molar-refractivity contribution in [3.05, 3.63) is 0 Å². The third-order valence-corrected chi connectivity index (χ3v) is 1.50. The SMILES string of the molecule is C[C@H](Cl)[C@H](C)CO. The molecule has 7 heavy (non-hydrogen) atoms. The molecular formula is C5H11ClO. The lowest BCUT2D eigenvalue weighted by Crippen LogP contribution is -2.10. The molecule has 0 saturated carbocycles. The lowest BCUT2D eigenvalue weighted by molar-refractivity contribution is 0.236. The van der Waals surface area contributed by atoms with Crippen molar-refractivity contribution in [2.45, 2.75) is 19.2 Å². The van der Waals surface area contributed by atoms with E-state index in [0.717, 1.165) is 0 Å². The van der Waals surface area contributed by atoms with E-state index in [0.29, 0.717) is 0 Å². The molecule has 2 atom stereocenters. The Balaban J connectivity index is 3.14. The highest BCUT2D eigenvalue weighted by Gasteiger charge is 2.04. The topological polar surface area (TPSA) is 20.2 Å². The lowest BCUT2D eigenvalue weighted by atomic mass is 10.1. The zero-order chi connectivity index (χ0) is 5.86. The maximum absolute atomic E-state index is 8.42. The van der Waals surface area contributed by atoms with Gasteiger partial charge in [-0.25, -0.2) is 0 Å². The maximum Gasteiger partial charge on any atom is 0.0470 e. The highest BCUT2D eigenvalue weighted by Crippen LogP contribution is 2.06. The van der Waals surface area contributed by atoms with E-state index in [9.17, 15) is 0 Å². The molecule has 0 aromatic rings. The van der Waals surface area contributed by atoms with E-state index in [1.807, 2.05) is 13.8 Å². The number of rotatable bonds is 2. The van der Waals surface area contributed by atoms with E-state index in [1.165, 1.54) is 0 Å². The summed E-state index contributed by atoms with van der Waals surface area (Å²) in [7, 11) is 0. The molecule has 0 bridgehead atoms. The monoisotopic (exact) mass is 122 g/mol. The van der Waals surface area contributed by atoms with Crippen LogP contribution in [0.25, 0.3) is 0 Å². The Kier molecular flexibility index (Phi) is 3.39. The molecular weight excluding hydrogens is 112 g/mol. The highest BCUT2D eigenvalue weighted by molar-refractivity contribution is 6.20. The standard InChI is InChI=1S/C5H11ClO/c1-4(3-7)5(2)6/h4-5,7H,3H2,1-2H3/t4-,5+/m1/s1. The fourth-order valence-electron chi connectivity index (χ4n) is 0.145. The number of hydrogen-bond donors (Lipinski definition) is 1. The first-order valence-electron chi connectivity index (χ1n) is 2.43. The van der Waals surface area contributed by atoms with Crippen LogP contribution in [-0.4, -0.2) is 17.1 Å². The summed E-state index contributed by atoms with van der Waals surface area (Å²) in [6, 6.07) is 0. The van der Waals surface area contributed by atoms with Gasteiger partial charge in [0.2, 0.25) is 0 Å². The minimum Gasteiger partial charge on any atom is -0.396 e. The van der Waals surface area contributed by atoms with Gasteiger partial charge in [-0.1, -0.05) is 6.92 Å². The molecule has 2 heteroatoms. The molecule has 0 radical (unpaired) electrons. The Morgan fingerprint density at radius 1 is 1.57 bits per heavy atom. The second-order valence-electron chi connectivity index (χ2n) is 1.84. The molecule has 44 valence electrons. The van der Waals surface area contributed by atoms with Crippen molar-refractivity contribution in [1.29, 1.82) is 0 Å². The second-order valence-corrected chi connectivity index (χ2v) is 2.53. The van der Waals surface area contributed by atoms with Crippen molar-refractivity contribution in [3.63, 3.8) is 0 Å². The third-order valence-electron chi connectivity index (χ3n) is 1.07. The molecule has 0 aliphatic rings. The summed E-state index contributed by atoms with van der Waals surface area (Å²) in [5, 5.41) is 8.51. The van der Waals surface area contributed by atoms with E-state index < -0.39 is 0 Å². The first kappa shape index (κ1) is 7.25.